The van der Waals surface area contributed by atoms with Gasteiger partial charge in [0.15, 0.2) is 11.5 Å². The van der Waals surface area contributed by atoms with Gasteiger partial charge in [-0.15, -0.1) is 0 Å². The number of ether oxygens (including phenoxy) is 2. The van der Waals surface area contributed by atoms with Gasteiger partial charge in [0.2, 0.25) is 0 Å². The summed E-state index contributed by atoms with van der Waals surface area (Å²) >= 11 is 0. The van der Waals surface area contributed by atoms with Gasteiger partial charge in [0, 0.05) is 0 Å². The molecule has 0 amide bonds. The maximum absolute atomic E-state index is 13.2. The van der Waals surface area contributed by atoms with Crippen LogP contribution in [-0.4, -0.2) is 44.5 Å². The van der Waals surface area contributed by atoms with Crippen molar-refractivity contribution in [2.75, 3.05) is 39.9 Å². The average molecular weight is 451 g/mol. The summed E-state index contributed by atoms with van der Waals surface area (Å²) in [5, 5.41) is 25.0. The number of quaternary nitrogens is 2. The lowest BCUT2D eigenvalue weighted by atomic mass is 10.1. The topological polar surface area (TPSA) is 69.0 Å². The minimum absolute atomic E-state index is 0.201. The third-order valence-corrected chi connectivity index (χ3v) is 6.62. The lowest BCUT2D eigenvalue weighted by molar-refractivity contribution is -0.985. The number of unbranched alkanes of at least 4 members (excludes halogenated alkanes) is 9. The van der Waals surface area contributed by atoms with Crippen LogP contribution >= 0.6 is 0 Å². The van der Waals surface area contributed by atoms with Gasteiger partial charge in [-0.3, -0.25) is 0 Å². The summed E-state index contributed by atoms with van der Waals surface area (Å²) in [5.74, 6) is 1.43. The van der Waals surface area contributed by atoms with E-state index in [1.54, 1.807) is 7.11 Å². The zero-order chi connectivity index (χ0) is 23.2. The van der Waals surface area contributed by atoms with E-state index < -0.39 is 0 Å². The minimum Gasteiger partial charge on any atom is -0.634 e. The van der Waals surface area contributed by atoms with Gasteiger partial charge in [0.05, 0.1) is 19.3 Å². The molecule has 1 aliphatic rings. The zero-order valence-electron chi connectivity index (χ0n) is 20.8. The fraction of sp³-hybridized carbons (Fsp3) is 0.769. The Morgan fingerprint density at radius 1 is 0.906 bits per heavy atom. The first-order valence-electron chi connectivity index (χ1n) is 12.9. The summed E-state index contributed by atoms with van der Waals surface area (Å²) in [6.07, 6.45) is 13.8. The Kier molecular flexibility index (Phi) is 12.4. The molecule has 184 valence electrons. The number of nitrogens with zero attached hydrogens (tertiary/aromatic N) is 1. The van der Waals surface area contributed by atoms with Crippen LogP contribution in [0.2, 0.25) is 0 Å². The Labute approximate surface area is 195 Å². The number of methoxy groups -OCH3 is 1. The van der Waals surface area contributed by atoms with Crippen molar-refractivity contribution >= 4 is 0 Å². The van der Waals surface area contributed by atoms with Crippen LogP contribution in [0.5, 0.6) is 11.5 Å². The number of piperazine rings is 1. The van der Waals surface area contributed by atoms with Crippen LogP contribution in [0.4, 0.5) is 0 Å². The van der Waals surface area contributed by atoms with E-state index in [4.69, 9.17) is 9.47 Å². The Hall–Kier alpha value is -1.34. The third-order valence-electron chi connectivity index (χ3n) is 6.62. The fourth-order valence-corrected chi connectivity index (χ4v) is 4.49. The van der Waals surface area contributed by atoms with Crippen LogP contribution in [0.3, 0.4) is 0 Å². The van der Waals surface area contributed by atoms with E-state index in [0.717, 1.165) is 24.0 Å². The van der Waals surface area contributed by atoms with Gasteiger partial charge in [-0.25, -0.2) is 0 Å². The first-order valence-corrected chi connectivity index (χ1v) is 12.9. The lowest BCUT2D eigenvalue weighted by Gasteiger charge is -2.47. The highest BCUT2D eigenvalue weighted by atomic mass is 16.6. The summed E-state index contributed by atoms with van der Waals surface area (Å²) < 4.78 is 11.5. The van der Waals surface area contributed by atoms with E-state index in [0.29, 0.717) is 50.8 Å². The molecule has 0 radical (unpaired) electrons. The highest BCUT2D eigenvalue weighted by Crippen LogP contribution is 2.35. The molecule has 0 aromatic heterocycles. The molecule has 1 saturated heterocycles. The van der Waals surface area contributed by atoms with Crippen molar-refractivity contribution in [3.63, 3.8) is 0 Å². The second-order valence-corrected chi connectivity index (χ2v) is 9.37. The Balaban J connectivity index is 1.85. The van der Waals surface area contributed by atoms with E-state index in [2.05, 4.69) is 19.9 Å². The van der Waals surface area contributed by atoms with Crippen LogP contribution in [0.25, 0.3) is 0 Å². The maximum Gasteiger partial charge on any atom is 0.169 e. The van der Waals surface area contributed by atoms with Gasteiger partial charge in [-0.05, 0) is 30.5 Å². The number of benzene rings is 1. The molecule has 1 aliphatic heterocycles. The number of rotatable bonds is 16. The second-order valence-electron chi connectivity index (χ2n) is 9.37. The first-order chi connectivity index (χ1) is 15.5. The van der Waals surface area contributed by atoms with E-state index >= 15 is 0 Å². The molecule has 32 heavy (non-hydrogen) atoms. The SMILES string of the molecule is CCCCCCCCCCCCOc1c(C[N+]2([O-])CC[NH+]([O-])CC2)cc(CC)cc1OC. The normalized spacial score (nSPS) is 21.0. The van der Waals surface area contributed by atoms with Crippen molar-refractivity contribution in [3.05, 3.63) is 33.7 Å². The summed E-state index contributed by atoms with van der Waals surface area (Å²) in [4.78, 5) is 0. The molecule has 1 aromatic rings. The van der Waals surface area contributed by atoms with Crippen LogP contribution in [0.1, 0.15) is 89.2 Å². The Morgan fingerprint density at radius 2 is 1.50 bits per heavy atom. The van der Waals surface area contributed by atoms with Crippen LogP contribution in [0, 0.1) is 10.4 Å². The van der Waals surface area contributed by atoms with Crippen molar-refractivity contribution in [2.45, 2.75) is 91.0 Å². The molecular formula is C26H46N2O4. The number of nitrogens with one attached hydrogen (secondary N) is 1. The van der Waals surface area contributed by atoms with E-state index in [1.807, 2.05) is 6.07 Å². The summed E-state index contributed by atoms with van der Waals surface area (Å²) in [5.41, 5.74) is 2.06. The van der Waals surface area contributed by atoms with Gasteiger partial charge in [0.1, 0.15) is 32.7 Å². The minimum atomic E-state index is -0.351. The van der Waals surface area contributed by atoms with Crippen LogP contribution < -0.4 is 14.5 Å². The standard InChI is InChI=1S/C26H46N2O4/c1-4-6-7-8-9-10-11-12-13-14-19-32-26-24(20-23(5-2)21-25(26)31-3)22-28(30)17-15-27(29)16-18-28/h20-21,27H,4-19,22H2,1-3H3. The van der Waals surface area contributed by atoms with Crippen molar-refractivity contribution < 1.29 is 19.2 Å². The summed E-state index contributed by atoms with van der Waals surface area (Å²) in [6, 6.07) is 4.11. The molecule has 1 fully saturated rings. The molecule has 6 heteroatoms. The Bertz CT molecular complexity index is 645. The molecule has 2 rings (SSSR count). The molecule has 0 atom stereocenters. The molecule has 1 N–H and O–H groups in total. The number of hydrogen-bond donors (Lipinski definition) is 1. The number of aryl methyl sites for hydroxylation is 1. The second kappa shape index (κ2) is 14.7. The molecule has 1 aromatic carbocycles. The Morgan fingerprint density at radius 3 is 2.06 bits per heavy atom. The fourth-order valence-electron chi connectivity index (χ4n) is 4.49. The maximum atomic E-state index is 13.2. The summed E-state index contributed by atoms with van der Waals surface area (Å²) in [7, 11) is 1.66. The molecule has 0 unspecified atom stereocenters. The molecule has 1 heterocycles. The predicted octanol–water partition coefficient (Wildman–Crippen LogP) is 4.77. The number of hydrogen-bond acceptors (Lipinski definition) is 4. The van der Waals surface area contributed by atoms with Crippen molar-refractivity contribution in [1.82, 2.24) is 0 Å². The van der Waals surface area contributed by atoms with E-state index in [9.17, 15) is 10.4 Å². The molecule has 0 spiro atoms. The van der Waals surface area contributed by atoms with E-state index in [-0.39, 0.29) is 9.71 Å². The monoisotopic (exact) mass is 450 g/mol. The van der Waals surface area contributed by atoms with Crippen LogP contribution in [0.15, 0.2) is 12.1 Å². The first kappa shape index (κ1) is 26.9. The summed E-state index contributed by atoms with van der Waals surface area (Å²) in [6.45, 7) is 6.81. The largest absolute Gasteiger partial charge is 0.634 e. The quantitative estimate of drug-likeness (QED) is 0.224. The van der Waals surface area contributed by atoms with Gasteiger partial charge < -0.3 is 29.6 Å². The smallest absolute Gasteiger partial charge is 0.169 e. The van der Waals surface area contributed by atoms with Crippen LogP contribution in [-0.2, 0) is 13.0 Å². The third kappa shape index (κ3) is 9.26. The predicted molar refractivity (Wildman–Crippen MR) is 131 cm³/mol. The number of hydroxylamine groups is 5. The molecule has 0 bridgehead atoms. The highest BCUT2D eigenvalue weighted by Gasteiger charge is 2.27. The molecule has 6 nitrogen and oxygen atoms in total. The molecule has 0 aliphatic carbocycles. The van der Waals surface area contributed by atoms with Gasteiger partial charge >= 0.3 is 0 Å². The van der Waals surface area contributed by atoms with Gasteiger partial charge in [-0.1, -0.05) is 71.6 Å². The average Bonchev–Trinajstić information content (AvgIpc) is 2.80. The van der Waals surface area contributed by atoms with Gasteiger partial charge in [0.25, 0.3) is 0 Å². The zero-order valence-corrected chi connectivity index (χ0v) is 20.8. The van der Waals surface area contributed by atoms with Gasteiger partial charge in [-0.2, -0.15) is 0 Å². The van der Waals surface area contributed by atoms with E-state index in [1.165, 1.54) is 57.8 Å². The van der Waals surface area contributed by atoms with Crippen molar-refractivity contribution in [3.8, 4) is 11.5 Å². The van der Waals surface area contributed by atoms with Crippen molar-refractivity contribution in [1.29, 1.82) is 0 Å². The molecular weight excluding hydrogens is 404 g/mol. The lowest BCUT2D eigenvalue weighted by Crippen LogP contribution is -3.11. The highest BCUT2D eigenvalue weighted by molar-refractivity contribution is 5.49. The molecule has 0 saturated carbocycles. The van der Waals surface area contributed by atoms with Crippen molar-refractivity contribution in [2.24, 2.45) is 0 Å².